The minimum Gasteiger partial charge on any atom is -0.490 e. The number of esters is 1. The van der Waals surface area contributed by atoms with Gasteiger partial charge in [0.05, 0.1) is 29.1 Å². The Balaban J connectivity index is 1.84. The zero-order valence-corrected chi connectivity index (χ0v) is 17.9. The summed E-state index contributed by atoms with van der Waals surface area (Å²) in [5.74, 6) is -3.54. The maximum Gasteiger partial charge on any atom is 0.312 e. The van der Waals surface area contributed by atoms with Gasteiger partial charge in [-0.1, -0.05) is 18.0 Å². The van der Waals surface area contributed by atoms with E-state index >= 15 is 4.39 Å². The Bertz CT molecular complexity index is 1180. The van der Waals surface area contributed by atoms with Crippen molar-refractivity contribution in [3.05, 3.63) is 58.6 Å². The first-order valence-corrected chi connectivity index (χ1v) is 11.9. The molecule has 1 unspecified atom stereocenters. The number of sulfone groups is 1. The van der Waals surface area contributed by atoms with E-state index in [9.17, 15) is 17.6 Å². The zero-order valence-electron chi connectivity index (χ0n) is 16.4. The Morgan fingerprint density at radius 3 is 2.35 bits per heavy atom. The average Bonchev–Trinajstić information content (AvgIpc) is 3.11. The molecule has 1 aliphatic carbocycles. The van der Waals surface area contributed by atoms with Crippen LogP contribution in [0.5, 0.6) is 5.75 Å². The van der Waals surface area contributed by atoms with Crippen molar-refractivity contribution >= 4 is 27.4 Å². The van der Waals surface area contributed by atoms with E-state index in [1.807, 2.05) is 0 Å². The van der Waals surface area contributed by atoms with E-state index in [-0.39, 0.29) is 30.1 Å². The fourth-order valence-corrected chi connectivity index (χ4v) is 8.27. The maximum absolute atomic E-state index is 15.3. The van der Waals surface area contributed by atoms with Crippen molar-refractivity contribution in [2.75, 3.05) is 13.2 Å². The Labute approximate surface area is 183 Å². The van der Waals surface area contributed by atoms with E-state index in [2.05, 4.69) is 0 Å². The Kier molecular flexibility index (Phi) is 4.61. The maximum atomic E-state index is 15.3. The van der Waals surface area contributed by atoms with Crippen LogP contribution in [0, 0.1) is 23.0 Å². The first kappa shape index (κ1) is 20.7. The van der Waals surface area contributed by atoms with E-state index in [0.717, 1.165) is 12.1 Å². The highest BCUT2D eigenvalue weighted by Crippen LogP contribution is 2.63. The highest BCUT2D eigenvalue weighted by atomic mass is 35.5. The number of cyclic esters (lactones) is 1. The second-order valence-electron chi connectivity index (χ2n) is 8.34. The van der Waals surface area contributed by atoms with Gasteiger partial charge >= 0.3 is 5.97 Å². The van der Waals surface area contributed by atoms with Crippen LogP contribution in [0.3, 0.4) is 0 Å². The highest BCUT2D eigenvalue weighted by Gasteiger charge is 2.68. The SMILES string of the molecule is O=C1OCC[C@]12CCC[C@@]1(S(=O)(=O)c3ccc(Cl)cc3)c3c(F)ccc(F)c3OCC21. The van der Waals surface area contributed by atoms with Gasteiger partial charge in [-0.3, -0.25) is 4.79 Å². The smallest absolute Gasteiger partial charge is 0.312 e. The molecule has 3 aliphatic rings. The van der Waals surface area contributed by atoms with Gasteiger partial charge in [-0.2, -0.15) is 0 Å². The van der Waals surface area contributed by atoms with Crippen molar-refractivity contribution in [2.24, 2.45) is 11.3 Å². The number of rotatable bonds is 2. The summed E-state index contributed by atoms with van der Waals surface area (Å²) in [6, 6.07) is 7.40. The van der Waals surface area contributed by atoms with Crippen LogP contribution in [-0.4, -0.2) is 27.6 Å². The number of hydrogen-bond acceptors (Lipinski definition) is 5. The number of fused-ring (bicyclic) bond motifs is 4. The number of hydrogen-bond donors (Lipinski definition) is 0. The lowest BCUT2D eigenvalue weighted by atomic mass is 9.58. The molecule has 0 aromatic heterocycles. The Morgan fingerprint density at radius 2 is 1.68 bits per heavy atom. The van der Waals surface area contributed by atoms with Crippen LogP contribution in [0.15, 0.2) is 41.3 Å². The monoisotopic (exact) mass is 468 g/mol. The summed E-state index contributed by atoms with van der Waals surface area (Å²) >= 11 is 5.94. The lowest BCUT2D eigenvalue weighted by molar-refractivity contribution is -0.153. The summed E-state index contributed by atoms with van der Waals surface area (Å²) in [5.41, 5.74) is -1.47. The van der Waals surface area contributed by atoms with E-state index < -0.39 is 49.3 Å². The second kappa shape index (κ2) is 6.90. The summed E-state index contributed by atoms with van der Waals surface area (Å²) in [4.78, 5) is 12.8. The molecule has 2 heterocycles. The molecule has 2 aliphatic heterocycles. The van der Waals surface area contributed by atoms with Gasteiger partial charge in [0.1, 0.15) is 10.6 Å². The summed E-state index contributed by atoms with van der Waals surface area (Å²) in [5, 5.41) is 0.345. The van der Waals surface area contributed by atoms with Crippen molar-refractivity contribution in [1.82, 2.24) is 0 Å². The standard InChI is InChI=1S/C22H19ClF2O5S/c23-13-2-4-14(5-3-13)31(27,28)22-9-1-8-21(10-11-29-20(21)26)17(22)12-30-19-16(25)7-6-15(24)18(19)22/h2-7,17H,1,8-12H2/t17?,21-,22-/m0/s1. The third-order valence-corrected chi connectivity index (χ3v) is 9.87. The highest BCUT2D eigenvalue weighted by molar-refractivity contribution is 7.92. The van der Waals surface area contributed by atoms with Crippen molar-refractivity contribution in [1.29, 1.82) is 0 Å². The van der Waals surface area contributed by atoms with Crippen LogP contribution >= 0.6 is 11.6 Å². The number of carbonyl (C=O) groups excluding carboxylic acids is 1. The molecule has 1 spiro atoms. The molecule has 0 amide bonds. The predicted octanol–water partition coefficient (Wildman–Crippen LogP) is 4.41. The van der Waals surface area contributed by atoms with E-state index in [0.29, 0.717) is 24.3 Å². The van der Waals surface area contributed by atoms with Gasteiger partial charge in [0, 0.05) is 10.9 Å². The lowest BCUT2D eigenvalue weighted by Crippen LogP contribution is -2.59. The third-order valence-electron chi connectivity index (χ3n) is 7.07. The second-order valence-corrected chi connectivity index (χ2v) is 11.0. The van der Waals surface area contributed by atoms with Crippen LogP contribution in [0.1, 0.15) is 31.2 Å². The number of halogens is 3. The van der Waals surface area contributed by atoms with Crippen molar-refractivity contribution in [3.63, 3.8) is 0 Å². The fourth-order valence-electron chi connectivity index (χ4n) is 5.69. The van der Waals surface area contributed by atoms with Gasteiger partial charge in [-0.15, -0.1) is 0 Å². The van der Waals surface area contributed by atoms with E-state index in [1.165, 1.54) is 24.3 Å². The lowest BCUT2D eigenvalue weighted by Gasteiger charge is -2.53. The zero-order chi connectivity index (χ0) is 22.0. The van der Waals surface area contributed by atoms with Gasteiger partial charge in [-0.05, 0) is 55.7 Å². The molecule has 1 saturated heterocycles. The molecule has 3 atom stereocenters. The molecule has 164 valence electrons. The van der Waals surface area contributed by atoms with Gasteiger partial charge in [0.2, 0.25) is 0 Å². The molecular weight excluding hydrogens is 450 g/mol. The fraction of sp³-hybridized carbons (Fsp3) is 0.409. The van der Waals surface area contributed by atoms with Gasteiger partial charge in [0.15, 0.2) is 21.4 Å². The molecule has 5 nitrogen and oxygen atoms in total. The van der Waals surface area contributed by atoms with Crippen LogP contribution < -0.4 is 4.74 Å². The summed E-state index contributed by atoms with van der Waals surface area (Å²) in [7, 11) is -4.29. The molecule has 2 aromatic carbocycles. The number of benzene rings is 2. The van der Waals surface area contributed by atoms with Gasteiger partial charge in [-0.25, -0.2) is 17.2 Å². The molecule has 1 saturated carbocycles. The van der Waals surface area contributed by atoms with Crippen molar-refractivity contribution < 1.29 is 31.5 Å². The van der Waals surface area contributed by atoms with Crippen LogP contribution in [0.4, 0.5) is 8.78 Å². The minimum absolute atomic E-state index is 0.0361. The Morgan fingerprint density at radius 1 is 0.968 bits per heavy atom. The molecule has 2 aromatic rings. The summed E-state index contributed by atoms with van der Waals surface area (Å²) in [6.45, 7) is -0.0693. The molecule has 9 heteroatoms. The van der Waals surface area contributed by atoms with Crippen molar-refractivity contribution in [2.45, 2.75) is 35.3 Å². The summed E-state index contributed by atoms with van der Waals surface area (Å²) in [6.07, 6.45) is 1.09. The molecule has 0 N–H and O–H groups in total. The molecule has 31 heavy (non-hydrogen) atoms. The Hall–Kier alpha value is -2.19. The number of ether oxygens (including phenoxy) is 2. The summed E-state index contributed by atoms with van der Waals surface area (Å²) < 4.78 is 67.3. The molecule has 0 radical (unpaired) electrons. The molecule has 0 bridgehead atoms. The van der Waals surface area contributed by atoms with E-state index in [1.54, 1.807) is 0 Å². The largest absolute Gasteiger partial charge is 0.490 e. The van der Waals surface area contributed by atoms with Crippen LogP contribution in [0.2, 0.25) is 5.02 Å². The third kappa shape index (κ3) is 2.64. The van der Waals surface area contributed by atoms with Gasteiger partial charge in [0.25, 0.3) is 0 Å². The van der Waals surface area contributed by atoms with Crippen LogP contribution in [0.25, 0.3) is 0 Å². The molecule has 5 rings (SSSR count). The first-order valence-electron chi connectivity index (χ1n) is 10.0. The first-order chi connectivity index (χ1) is 14.7. The average molecular weight is 469 g/mol. The van der Waals surface area contributed by atoms with E-state index in [4.69, 9.17) is 21.1 Å². The topological polar surface area (TPSA) is 69.7 Å². The quantitative estimate of drug-likeness (QED) is 0.610. The number of carbonyl (C=O) groups is 1. The van der Waals surface area contributed by atoms with Gasteiger partial charge < -0.3 is 9.47 Å². The predicted molar refractivity (Wildman–Crippen MR) is 108 cm³/mol. The van der Waals surface area contributed by atoms with Crippen LogP contribution in [-0.2, 0) is 24.1 Å². The van der Waals surface area contributed by atoms with Crippen molar-refractivity contribution in [3.8, 4) is 5.75 Å². The molecule has 2 fully saturated rings. The minimum atomic E-state index is -4.29. The molecular formula is C22H19ClF2O5S. The normalized spacial score (nSPS) is 29.8.